The van der Waals surface area contributed by atoms with Crippen LogP contribution in [-0.4, -0.2) is 43.6 Å². The van der Waals surface area contributed by atoms with E-state index < -0.39 is 6.09 Å². The van der Waals surface area contributed by atoms with Gasteiger partial charge in [-0.25, -0.2) is 4.79 Å². The zero-order valence-corrected chi connectivity index (χ0v) is 17.6. The van der Waals surface area contributed by atoms with Crippen molar-refractivity contribution in [3.63, 3.8) is 0 Å². The molecule has 154 valence electrons. The summed E-state index contributed by atoms with van der Waals surface area (Å²) < 4.78 is 4.63. The highest BCUT2D eigenvalue weighted by Gasteiger charge is 2.57. The number of ether oxygens (including phenoxy) is 1. The van der Waals surface area contributed by atoms with E-state index in [0.29, 0.717) is 30.2 Å². The first-order valence-corrected chi connectivity index (χ1v) is 10.6. The van der Waals surface area contributed by atoms with E-state index in [1.807, 2.05) is 4.90 Å². The van der Waals surface area contributed by atoms with Gasteiger partial charge in [-0.2, -0.15) is 0 Å². The fraction of sp³-hybridized carbons (Fsp3) is 0.652. The molecular weight excluding hydrogens is 352 g/mol. The number of benzene rings is 1. The SMILES string of the molecule is CCC[C@H](CNC(=O)OC)C(=O)N1C[C@@H]2C(c3cccc(CC(C)C)c3)[C@@H]2C1. The number of hydrogen-bond acceptors (Lipinski definition) is 3. The lowest BCUT2D eigenvalue weighted by atomic mass is 9.98. The van der Waals surface area contributed by atoms with Gasteiger partial charge in [-0.05, 0) is 47.6 Å². The Morgan fingerprint density at radius 2 is 1.96 bits per heavy atom. The first-order chi connectivity index (χ1) is 13.4. The molecule has 4 atom stereocenters. The van der Waals surface area contributed by atoms with Crippen molar-refractivity contribution in [2.24, 2.45) is 23.7 Å². The van der Waals surface area contributed by atoms with E-state index in [1.165, 1.54) is 18.2 Å². The number of hydrogen-bond donors (Lipinski definition) is 1. The normalized spacial score (nSPS) is 24.0. The Kier molecular flexibility index (Phi) is 6.63. The molecule has 2 amide bonds. The Bertz CT molecular complexity index is 691. The second kappa shape index (κ2) is 8.97. The third kappa shape index (κ3) is 4.68. The molecule has 0 bridgehead atoms. The second-order valence-electron chi connectivity index (χ2n) is 8.80. The predicted molar refractivity (Wildman–Crippen MR) is 110 cm³/mol. The molecule has 0 aromatic heterocycles. The van der Waals surface area contributed by atoms with Gasteiger partial charge in [-0.3, -0.25) is 4.79 Å². The number of nitrogens with one attached hydrogen (secondary N) is 1. The first kappa shape index (κ1) is 20.7. The molecule has 3 rings (SSSR count). The fourth-order valence-corrected chi connectivity index (χ4v) is 4.80. The van der Waals surface area contributed by atoms with Gasteiger partial charge < -0.3 is 15.0 Å². The minimum absolute atomic E-state index is 0.158. The highest BCUT2D eigenvalue weighted by atomic mass is 16.5. The second-order valence-corrected chi connectivity index (χ2v) is 8.80. The van der Waals surface area contributed by atoms with Crippen molar-refractivity contribution in [1.29, 1.82) is 0 Å². The lowest BCUT2D eigenvalue weighted by molar-refractivity contribution is -0.135. The summed E-state index contributed by atoms with van der Waals surface area (Å²) in [5, 5.41) is 2.69. The molecule has 2 aliphatic rings. The number of piperidine rings is 1. The van der Waals surface area contributed by atoms with Crippen molar-refractivity contribution in [3.05, 3.63) is 35.4 Å². The Morgan fingerprint density at radius 1 is 1.25 bits per heavy atom. The Labute approximate surface area is 168 Å². The summed E-state index contributed by atoms with van der Waals surface area (Å²) in [5.41, 5.74) is 2.86. The maximum Gasteiger partial charge on any atom is 0.406 e. The Hall–Kier alpha value is -2.04. The van der Waals surface area contributed by atoms with E-state index in [4.69, 9.17) is 0 Å². The molecule has 0 spiro atoms. The van der Waals surface area contributed by atoms with Crippen molar-refractivity contribution in [2.75, 3.05) is 26.7 Å². The van der Waals surface area contributed by atoms with Crippen LogP contribution in [0.2, 0.25) is 0 Å². The zero-order valence-electron chi connectivity index (χ0n) is 17.6. The summed E-state index contributed by atoms with van der Waals surface area (Å²) in [6.45, 7) is 8.63. The predicted octanol–water partition coefficient (Wildman–Crippen LogP) is 3.83. The van der Waals surface area contributed by atoms with E-state index in [1.54, 1.807) is 0 Å². The van der Waals surface area contributed by atoms with E-state index in [9.17, 15) is 9.59 Å². The van der Waals surface area contributed by atoms with Crippen LogP contribution in [0, 0.1) is 23.7 Å². The number of fused-ring (bicyclic) bond motifs is 1. The molecule has 5 nitrogen and oxygen atoms in total. The molecule has 1 aliphatic carbocycles. The van der Waals surface area contributed by atoms with Crippen LogP contribution in [0.15, 0.2) is 24.3 Å². The van der Waals surface area contributed by atoms with E-state index >= 15 is 0 Å². The van der Waals surface area contributed by atoms with Gasteiger partial charge >= 0.3 is 6.09 Å². The summed E-state index contributed by atoms with van der Waals surface area (Å²) in [5.74, 6) is 2.47. The van der Waals surface area contributed by atoms with Crippen LogP contribution in [0.3, 0.4) is 0 Å². The summed E-state index contributed by atoms with van der Waals surface area (Å²) >= 11 is 0. The monoisotopic (exact) mass is 386 g/mol. The molecule has 1 N–H and O–H groups in total. The lowest BCUT2D eigenvalue weighted by Crippen LogP contribution is -2.41. The third-order valence-corrected chi connectivity index (χ3v) is 6.15. The number of carbonyl (C=O) groups excluding carboxylic acids is 2. The molecule has 2 fully saturated rings. The first-order valence-electron chi connectivity index (χ1n) is 10.6. The maximum absolute atomic E-state index is 13.0. The lowest BCUT2D eigenvalue weighted by Gasteiger charge is -2.25. The van der Waals surface area contributed by atoms with Crippen molar-refractivity contribution in [2.45, 2.75) is 46.0 Å². The molecule has 28 heavy (non-hydrogen) atoms. The van der Waals surface area contributed by atoms with Crippen LogP contribution >= 0.6 is 0 Å². The minimum Gasteiger partial charge on any atom is -0.453 e. The number of amides is 2. The molecule has 1 saturated carbocycles. The highest BCUT2D eigenvalue weighted by Crippen LogP contribution is 2.58. The van der Waals surface area contributed by atoms with Crippen LogP contribution in [-0.2, 0) is 16.0 Å². The summed E-state index contributed by atoms with van der Waals surface area (Å²) in [6.07, 6.45) is 2.35. The van der Waals surface area contributed by atoms with Crippen molar-refractivity contribution < 1.29 is 14.3 Å². The van der Waals surface area contributed by atoms with E-state index in [0.717, 1.165) is 32.4 Å². The highest BCUT2D eigenvalue weighted by molar-refractivity contribution is 5.80. The van der Waals surface area contributed by atoms with Crippen LogP contribution in [0.1, 0.15) is 50.7 Å². The molecule has 1 unspecified atom stereocenters. The maximum atomic E-state index is 13.0. The number of nitrogens with zero attached hydrogens (tertiary/aromatic N) is 1. The van der Waals surface area contributed by atoms with Gasteiger partial charge in [0.25, 0.3) is 0 Å². The van der Waals surface area contributed by atoms with Gasteiger partial charge in [0.15, 0.2) is 0 Å². The summed E-state index contributed by atoms with van der Waals surface area (Å²) in [4.78, 5) is 26.3. The average molecular weight is 387 g/mol. The molecular formula is C23H34N2O3. The Morgan fingerprint density at radius 3 is 2.57 bits per heavy atom. The van der Waals surface area contributed by atoms with Crippen molar-refractivity contribution >= 4 is 12.0 Å². The summed E-state index contributed by atoms with van der Waals surface area (Å²) in [6, 6.07) is 9.02. The molecule has 1 aliphatic heterocycles. The fourth-order valence-electron chi connectivity index (χ4n) is 4.80. The Balaban J connectivity index is 1.56. The van der Waals surface area contributed by atoms with E-state index in [2.05, 4.69) is 55.1 Å². The molecule has 5 heteroatoms. The molecule has 1 saturated heterocycles. The minimum atomic E-state index is -0.473. The van der Waals surface area contributed by atoms with Crippen molar-refractivity contribution in [1.82, 2.24) is 10.2 Å². The van der Waals surface area contributed by atoms with E-state index in [-0.39, 0.29) is 11.8 Å². The van der Waals surface area contributed by atoms with Crippen LogP contribution in [0.5, 0.6) is 0 Å². The van der Waals surface area contributed by atoms with Gasteiger partial charge in [-0.1, -0.05) is 51.5 Å². The molecule has 1 heterocycles. The van der Waals surface area contributed by atoms with Gasteiger partial charge in [0.1, 0.15) is 0 Å². The number of carbonyl (C=O) groups is 2. The number of alkyl carbamates (subject to hydrolysis) is 1. The largest absolute Gasteiger partial charge is 0.453 e. The van der Waals surface area contributed by atoms with Gasteiger partial charge in [0, 0.05) is 19.6 Å². The van der Waals surface area contributed by atoms with Gasteiger partial charge in [0.05, 0.1) is 13.0 Å². The summed E-state index contributed by atoms with van der Waals surface area (Å²) in [7, 11) is 1.34. The average Bonchev–Trinajstić information content (AvgIpc) is 3.17. The van der Waals surface area contributed by atoms with Gasteiger partial charge in [-0.15, -0.1) is 0 Å². The molecule has 1 aromatic rings. The zero-order chi connectivity index (χ0) is 20.3. The quantitative estimate of drug-likeness (QED) is 0.739. The molecule has 1 aromatic carbocycles. The standard InChI is InChI=1S/C23H34N2O3/c1-5-7-18(12-24-23(27)28-4)22(26)25-13-19-20(14-25)21(19)17-9-6-8-16(11-17)10-15(2)3/h6,8-9,11,15,18-21H,5,7,10,12-14H2,1-4H3,(H,24,27)/t18-,19-,20+,21?/m1/s1. The number of likely N-dealkylation sites (tertiary alicyclic amines) is 1. The smallest absolute Gasteiger partial charge is 0.406 e. The number of rotatable bonds is 8. The third-order valence-electron chi connectivity index (χ3n) is 6.15. The van der Waals surface area contributed by atoms with Crippen LogP contribution in [0.25, 0.3) is 0 Å². The molecule has 0 radical (unpaired) electrons. The van der Waals surface area contributed by atoms with Crippen molar-refractivity contribution in [3.8, 4) is 0 Å². The topological polar surface area (TPSA) is 58.6 Å². The van der Waals surface area contributed by atoms with Gasteiger partial charge in [0.2, 0.25) is 5.91 Å². The number of methoxy groups -OCH3 is 1. The van der Waals surface area contributed by atoms with Crippen LogP contribution < -0.4 is 5.32 Å². The van der Waals surface area contributed by atoms with Crippen LogP contribution in [0.4, 0.5) is 4.79 Å².